The molecular weight excluding hydrogens is 353 g/mol. The average Bonchev–Trinajstić information content (AvgIpc) is 2.50. The van der Waals surface area contributed by atoms with Gasteiger partial charge < -0.3 is 9.47 Å². The number of carbonyl (C=O) groups excluding carboxylic acids is 2. The van der Waals surface area contributed by atoms with Gasteiger partial charge >= 0.3 is 18.1 Å². The molecule has 1 aliphatic heterocycles. The second kappa shape index (κ2) is 7.92. The van der Waals surface area contributed by atoms with E-state index in [-0.39, 0.29) is 12.3 Å². The number of dihydropyridines is 1. The van der Waals surface area contributed by atoms with Gasteiger partial charge in [0.05, 0.1) is 19.8 Å². The van der Waals surface area contributed by atoms with Crippen molar-refractivity contribution in [2.45, 2.75) is 38.9 Å². The number of hydrogen-bond acceptors (Lipinski definition) is 5. The van der Waals surface area contributed by atoms with Gasteiger partial charge in [0.25, 0.3) is 6.43 Å². The molecule has 0 radical (unpaired) electrons. The molecule has 0 aliphatic carbocycles. The second-order valence-electron chi connectivity index (χ2n) is 5.78. The molecule has 2 atom stereocenters. The first-order chi connectivity index (χ1) is 11.4. The van der Waals surface area contributed by atoms with Gasteiger partial charge in [0, 0.05) is 0 Å². The van der Waals surface area contributed by atoms with Crippen LogP contribution in [0.1, 0.15) is 20.3 Å². The molecule has 0 N–H and O–H groups in total. The fourth-order valence-electron chi connectivity index (χ4n) is 2.62. The van der Waals surface area contributed by atoms with E-state index in [9.17, 15) is 31.5 Å². The van der Waals surface area contributed by atoms with E-state index < -0.39 is 53.4 Å². The number of rotatable bonds is 5. The Hall–Kier alpha value is -2.00. The van der Waals surface area contributed by atoms with E-state index in [4.69, 9.17) is 0 Å². The summed E-state index contributed by atoms with van der Waals surface area (Å²) in [7, 11) is 1.77. The lowest BCUT2D eigenvalue weighted by Gasteiger charge is -2.32. The Labute approximate surface area is 140 Å². The molecule has 0 aromatic carbocycles. The minimum absolute atomic E-state index is 0.206. The summed E-state index contributed by atoms with van der Waals surface area (Å²) >= 11 is 0. The van der Waals surface area contributed by atoms with Crippen LogP contribution in [0.3, 0.4) is 0 Å². The van der Waals surface area contributed by atoms with Gasteiger partial charge in [0.2, 0.25) is 0 Å². The standard InChI is InChI=1S/C15H18F5NO4/c1-6(2)5-7-8(13(22)24-3)10(12(16)17)21-11(15(18,19)20)9(7)14(23)25-4/h6,9-10,12H,5H2,1-4H3. The summed E-state index contributed by atoms with van der Waals surface area (Å²) in [5.41, 5.74) is -2.83. The molecule has 1 aliphatic rings. The normalized spacial score (nSPS) is 21.5. The molecule has 0 aromatic heterocycles. The Kier molecular flexibility index (Phi) is 6.67. The average molecular weight is 371 g/mol. The zero-order chi connectivity index (χ0) is 19.5. The minimum Gasteiger partial charge on any atom is -0.468 e. The fraction of sp³-hybridized carbons (Fsp3) is 0.667. The Morgan fingerprint density at radius 2 is 1.72 bits per heavy atom. The lowest BCUT2D eigenvalue weighted by Crippen LogP contribution is -2.45. The Morgan fingerprint density at radius 3 is 2.08 bits per heavy atom. The topological polar surface area (TPSA) is 65.0 Å². The molecule has 142 valence electrons. The van der Waals surface area contributed by atoms with E-state index in [2.05, 4.69) is 14.5 Å². The van der Waals surface area contributed by atoms with Gasteiger partial charge in [-0.1, -0.05) is 13.8 Å². The number of esters is 2. The SMILES string of the molecule is COC(=O)C1=C(CC(C)C)C(C(=O)OC)C(C(F)(F)F)=NC1C(F)F. The van der Waals surface area contributed by atoms with Gasteiger partial charge in [-0.25, -0.2) is 13.6 Å². The second-order valence-corrected chi connectivity index (χ2v) is 5.78. The molecular formula is C15H18F5NO4. The predicted molar refractivity (Wildman–Crippen MR) is 77.3 cm³/mol. The number of aliphatic imine (C=N–C) groups is 1. The first kappa shape index (κ1) is 21.0. The molecule has 1 heterocycles. The van der Waals surface area contributed by atoms with Crippen molar-refractivity contribution in [3.05, 3.63) is 11.1 Å². The smallest absolute Gasteiger partial charge is 0.430 e. The number of ether oxygens (including phenoxy) is 2. The van der Waals surface area contributed by atoms with Crippen LogP contribution in [0.4, 0.5) is 22.0 Å². The third-order valence-electron chi connectivity index (χ3n) is 3.54. The third kappa shape index (κ3) is 4.55. The number of methoxy groups -OCH3 is 2. The minimum atomic E-state index is -5.14. The van der Waals surface area contributed by atoms with Crippen LogP contribution < -0.4 is 0 Å². The van der Waals surface area contributed by atoms with Crippen molar-refractivity contribution in [3.8, 4) is 0 Å². The summed E-state index contributed by atoms with van der Waals surface area (Å²) in [4.78, 5) is 26.9. The van der Waals surface area contributed by atoms with Crippen LogP contribution in [0, 0.1) is 11.8 Å². The molecule has 0 fully saturated rings. The fourth-order valence-corrected chi connectivity index (χ4v) is 2.62. The van der Waals surface area contributed by atoms with Crippen LogP contribution in [-0.4, -0.2) is 50.5 Å². The first-order valence-corrected chi connectivity index (χ1v) is 7.27. The van der Waals surface area contributed by atoms with E-state index in [1.54, 1.807) is 13.8 Å². The van der Waals surface area contributed by atoms with Crippen LogP contribution in [0.5, 0.6) is 0 Å². The summed E-state index contributed by atoms with van der Waals surface area (Å²) < 4.78 is 75.4. The maximum atomic E-state index is 13.3. The monoisotopic (exact) mass is 371 g/mol. The van der Waals surface area contributed by atoms with Crippen molar-refractivity contribution >= 4 is 17.7 Å². The highest BCUT2D eigenvalue weighted by Crippen LogP contribution is 2.39. The number of hydrogen-bond donors (Lipinski definition) is 0. The molecule has 5 nitrogen and oxygen atoms in total. The highest BCUT2D eigenvalue weighted by atomic mass is 19.4. The van der Waals surface area contributed by atoms with Crippen LogP contribution in [-0.2, 0) is 19.1 Å². The van der Waals surface area contributed by atoms with Crippen molar-refractivity contribution in [2.24, 2.45) is 16.8 Å². The number of alkyl halides is 5. The molecule has 2 unspecified atom stereocenters. The van der Waals surface area contributed by atoms with Gasteiger partial charge in [0.15, 0.2) is 0 Å². The number of nitrogens with zero attached hydrogens (tertiary/aromatic N) is 1. The lowest BCUT2D eigenvalue weighted by atomic mass is 9.79. The predicted octanol–water partition coefficient (Wildman–Crippen LogP) is 2.94. The van der Waals surface area contributed by atoms with Crippen LogP contribution >= 0.6 is 0 Å². The van der Waals surface area contributed by atoms with E-state index in [0.717, 1.165) is 14.2 Å². The molecule has 10 heteroatoms. The Balaban J connectivity index is 3.75. The van der Waals surface area contributed by atoms with Crippen molar-refractivity contribution in [2.75, 3.05) is 14.2 Å². The molecule has 0 bridgehead atoms. The van der Waals surface area contributed by atoms with E-state index in [0.29, 0.717) is 0 Å². The van der Waals surface area contributed by atoms with Gasteiger partial charge in [-0.05, 0) is 17.9 Å². The summed E-state index contributed by atoms with van der Waals surface area (Å²) in [6.45, 7) is 3.21. The highest BCUT2D eigenvalue weighted by Gasteiger charge is 2.52. The molecule has 1 rings (SSSR count). The first-order valence-electron chi connectivity index (χ1n) is 7.27. The zero-order valence-corrected chi connectivity index (χ0v) is 14.0. The molecule has 0 saturated carbocycles. The molecule has 0 aromatic rings. The maximum absolute atomic E-state index is 13.3. The van der Waals surface area contributed by atoms with Crippen molar-refractivity contribution in [3.63, 3.8) is 0 Å². The summed E-state index contributed by atoms with van der Waals surface area (Å²) in [6, 6.07) is -2.36. The van der Waals surface area contributed by atoms with Gasteiger partial charge in [0.1, 0.15) is 17.7 Å². The molecule has 0 amide bonds. The van der Waals surface area contributed by atoms with Crippen LogP contribution in [0.25, 0.3) is 0 Å². The molecule has 0 spiro atoms. The van der Waals surface area contributed by atoms with Crippen molar-refractivity contribution < 1.29 is 41.0 Å². The Morgan fingerprint density at radius 1 is 1.16 bits per heavy atom. The quantitative estimate of drug-likeness (QED) is 0.551. The van der Waals surface area contributed by atoms with Gasteiger partial charge in [-0.3, -0.25) is 9.79 Å². The zero-order valence-electron chi connectivity index (χ0n) is 14.0. The third-order valence-corrected chi connectivity index (χ3v) is 3.54. The number of halogens is 5. The van der Waals surface area contributed by atoms with E-state index in [1.807, 2.05) is 0 Å². The van der Waals surface area contributed by atoms with Crippen LogP contribution in [0.15, 0.2) is 16.1 Å². The van der Waals surface area contributed by atoms with Crippen molar-refractivity contribution in [1.29, 1.82) is 0 Å². The summed E-state index contributed by atoms with van der Waals surface area (Å²) in [6.07, 6.45) is -8.73. The van der Waals surface area contributed by atoms with Gasteiger partial charge in [-0.2, -0.15) is 13.2 Å². The lowest BCUT2D eigenvalue weighted by molar-refractivity contribution is -0.143. The summed E-state index contributed by atoms with van der Waals surface area (Å²) in [5.74, 6) is -5.00. The van der Waals surface area contributed by atoms with E-state index in [1.165, 1.54) is 0 Å². The van der Waals surface area contributed by atoms with Crippen LogP contribution in [0.2, 0.25) is 0 Å². The molecule has 0 saturated heterocycles. The highest BCUT2D eigenvalue weighted by molar-refractivity contribution is 6.11. The van der Waals surface area contributed by atoms with Crippen molar-refractivity contribution in [1.82, 2.24) is 0 Å². The summed E-state index contributed by atoms with van der Waals surface area (Å²) in [5, 5.41) is 0. The Bertz CT molecular complexity index is 595. The van der Waals surface area contributed by atoms with Gasteiger partial charge in [-0.15, -0.1) is 0 Å². The number of carbonyl (C=O) groups is 2. The molecule has 25 heavy (non-hydrogen) atoms. The maximum Gasteiger partial charge on any atom is 0.430 e. The largest absolute Gasteiger partial charge is 0.468 e. The van der Waals surface area contributed by atoms with E-state index >= 15 is 0 Å².